The predicted molar refractivity (Wildman–Crippen MR) is 86.0 cm³/mol. The van der Waals surface area contributed by atoms with Crippen molar-refractivity contribution in [3.63, 3.8) is 0 Å². The van der Waals surface area contributed by atoms with E-state index in [1.165, 1.54) is 16.7 Å². The van der Waals surface area contributed by atoms with E-state index in [4.69, 9.17) is 5.73 Å². The number of hydrogen-bond acceptors (Lipinski definition) is 4. The van der Waals surface area contributed by atoms with Gasteiger partial charge in [-0.1, -0.05) is 23.8 Å². The van der Waals surface area contributed by atoms with E-state index in [0.29, 0.717) is 6.54 Å². The molecule has 0 bridgehead atoms. The Bertz CT molecular complexity index is 577. The number of likely N-dealkylation sites (N-methyl/N-ethyl adjacent to an activating group) is 1. The van der Waals surface area contributed by atoms with E-state index in [-0.39, 0.29) is 6.04 Å². The molecule has 3 nitrogen and oxygen atoms in total. The molecule has 0 fully saturated rings. The van der Waals surface area contributed by atoms with Crippen LogP contribution in [0, 0.1) is 20.8 Å². The molecule has 4 heteroatoms. The fourth-order valence-electron chi connectivity index (χ4n) is 2.59. The van der Waals surface area contributed by atoms with Gasteiger partial charge in [0.25, 0.3) is 0 Å². The molecule has 2 N–H and O–H groups in total. The van der Waals surface area contributed by atoms with E-state index >= 15 is 0 Å². The van der Waals surface area contributed by atoms with Crippen molar-refractivity contribution in [2.45, 2.75) is 33.4 Å². The van der Waals surface area contributed by atoms with Crippen LogP contribution in [-0.2, 0) is 6.54 Å². The zero-order valence-electron chi connectivity index (χ0n) is 12.7. The molecule has 1 aromatic carbocycles. The smallest absolute Gasteiger partial charge is 0.0897 e. The van der Waals surface area contributed by atoms with Crippen molar-refractivity contribution in [2.24, 2.45) is 5.73 Å². The van der Waals surface area contributed by atoms with Crippen molar-refractivity contribution in [1.29, 1.82) is 0 Å². The average molecular weight is 289 g/mol. The van der Waals surface area contributed by atoms with Gasteiger partial charge < -0.3 is 5.73 Å². The van der Waals surface area contributed by atoms with Crippen molar-refractivity contribution in [2.75, 3.05) is 13.6 Å². The number of nitrogens with two attached hydrogens (primary N) is 1. The lowest BCUT2D eigenvalue weighted by Gasteiger charge is -2.28. The molecule has 1 aromatic heterocycles. The molecule has 1 heterocycles. The first-order chi connectivity index (χ1) is 9.51. The van der Waals surface area contributed by atoms with Gasteiger partial charge in [0.2, 0.25) is 0 Å². The standard InChI is InChI=1S/C16H23N3S/c1-11-5-6-15(12(2)7-11)16(8-17)19(4)9-14-10-20-13(3)18-14/h5-7,10,16H,8-9,17H2,1-4H3. The van der Waals surface area contributed by atoms with Crippen LogP contribution in [0.1, 0.15) is 33.4 Å². The van der Waals surface area contributed by atoms with Gasteiger partial charge in [0.15, 0.2) is 0 Å². The molecule has 0 aliphatic heterocycles. The van der Waals surface area contributed by atoms with Gasteiger partial charge in [-0.05, 0) is 38.9 Å². The maximum absolute atomic E-state index is 6.01. The van der Waals surface area contributed by atoms with Crippen molar-refractivity contribution in [1.82, 2.24) is 9.88 Å². The van der Waals surface area contributed by atoms with Gasteiger partial charge in [0, 0.05) is 24.5 Å². The quantitative estimate of drug-likeness (QED) is 0.919. The number of thiazole rings is 1. The molecule has 0 aliphatic carbocycles. The molecule has 0 saturated heterocycles. The molecule has 20 heavy (non-hydrogen) atoms. The third-order valence-corrected chi connectivity index (χ3v) is 4.44. The van der Waals surface area contributed by atoms with Crippen LogP contribution < -0.4 is 5.73 Å². The van der Waals surface area contributed by atoms with E-state index in [0.717, 1.165) is 17.2 Å². The molecule has 0 spiro atoms. The molecular weight excluding hydrogens is 266 g/mol. The molecule has 1 atom stereocenters. The summed E-state index contributed by atoms with van der Waals surface area (Å²) in [6, 6.07) is 6.81. The van der Waals surface area contributed by atoms with Crippen LogP contribution in [0.25, 0.3) is 0 Å². The van der Waals surface area contributed by atoms with Gasteiger partial charge in [-0.2, -0.15) is 0 Å². The normalized spacial score (nSPS) is 12.9. The summed E-state index contributed by atoms with van der Waals surface area (Å²) in [7, 11) is 2.12. The zero-order valence-corrected chi connectivity index (χ0v) is 13.5. The first-order valence-corrected chi connectivity index (χ1v) is 7.77. The third-order valence-electron chi connectivity index (χ3n) is 3.62. The van der Waals surface area contributed by atoms with Crippen molar-refractivity contribution in [3.05, 3.63) is 51.0 Å². The van der Waals surface area contributed by atoms with E-state index in [9.17, 15) is 0 Å². The number of aryl methyl sites for hydroxylation is 3. The maximum atomic E-state index is 6.01. The van der Waals surface area contributed by atoms with Crippen LogP contribution in [-0.4, -0.2) is 23.5 Å². The molecule has 0 saturated carbocycles. The van der Waals surface area contributed by atoms with Crippen LogP contribution in [0.4, 0.5) is 0 Å². The molecule has 1 unspecified atom stereocenters. The Kier molecular flexibility index (Phi) is 4.91. The Labute approximate surface area is 125 Å². The van der Waals surface area contributed by atoms with Crippen LogP contribution in [0.3, 0.4) is 0 Å². The second kappa shape index (κ2) is 6.48. The number of aromatic nitrogens is 1. The number of hydrogen-bond donors (Lipinski definition) is 1. The van der Waals surface area contributed by atoms with E-state index in [2.05, 4.69) is 54.4 Å². The fraction of sp³-hybridized carbons (Fsp3) is 0.438. The second-order valence-electron chi connectivity index (χ2n) is 5.38. The SMILES string of the molecule is Cc1ccc(C(CN)N(C)Cc2csc(C)n2)c(C)c1. The topological polar surface area (TPSA) is 42.1 Å². The third kappa shape index (κ3) is 3.45. The minimum absolute atomic E-state index is 0.234. The summed E-state index contributed by atoms with van der Waals surface area (Å²) >= 11 is 1.70. The number of rotatable bonds is 5. The summed E-state index contributed by atoms with van der Waals surface area (Å²) in [5.41, 5.74) is 11.0. The highest BCUT2D eigenvalue weighted by atomic mass is 32.1. The highest BCUT2D eigenvalue weighted by Crippen LogP contribution is 2.24. The molecule has 108 valence electrons. The highest BCUT2D eigenvalue weighted by molar-refractivity contribution is 7.09. The minimum Gasteiger partial charge on any atom is -0.329 e. The largest absolute Gasteiger partial charge is 0.329 e. The summed E-state index contributed by atoms with van der Waals surface area (Å²) in [6.45, 7) is 7.77. The monoisotopic (exact) mass is 289 g/mol. The summed E-state index contributed by atoms with van der Waals surface area (Å²) in [4.78, 5) is 6.82. The van der Waals surface area contributed by atoms with E-state index in [1.807, 2.05) is 6.92 Å². The van der Waals surface area contributed by atoms with Crippen LogP contribution in [0.5, 0.6) is 0 Å². The Morgan fingerprint density at radius 2 is 2.05 bits per heavy atom. The first-order valence-electron chi connectivity index (χ1n) is 6.89. The zero-order chi connectivity index (χ0) is 14.7. The van der Waals surface area contributed by atoms with Gasteiger partial charge >= 0.3 is 0 Å². The number of benzene rings is 1. The average Bonchev–Trinajstić information content (AvgIpc) is 2.78. The van der Waals surface area contributed by atoms with Gasteiger partial charge in [0.05, 0.1) is 10.7 Å². The predicted octanol–water partition coefficient (Wildman–Crippen LogP) is 3.20. The van der Waals surface area contributed by atoms with E-state index in [1.54, 1.807) is 11.3 Å². The number of nitrogens with zero attached hydrogens (tertiary/aromatic N) is 2. The molecule has 2 rings (SSSR count). The molecule has 0 aliphatic rings. The highest BCUT2D eigenvalue weighted by Gasteiger charge is 2.18. The van der Waals surface area contributed by atoms with Crippen LogP contribution >= 0.6 is 11.3 Å². The Morgan fingerprint density at radius 3 is 2.60 bits per heavy atom. The summed E-state index contributed by atoms with van der Waals surface area (Å²) in [5, 5.41) is 3.24. The van der Waals surface area contributed by atoms with Crippen LogP contribution in [0.2, 0.25) is 0 Å². The molecular formula is C16H23N3S. The lowest BCUT2D eigenvalue weighted by Crippen LogP contribution is -2.30. The van der Waals surface area contributed by atoms with Crippen molar-refractivity contribution < 1.29 is 0 Å². The molecule has 0 amide bonds. The second-order valence-corrected chi connectivity index (χ2v) is 6.45. The van der Waals surface area contributed by atoms with Gasteiger partial charge in [-0.3, -0.25) is 4.90 Å². The Balaban J connectivity index is 2.18. The molecule has 2 aromatic rings. The van der Waals surface area contributed by atoms with E-state index < -0.39 is 0 Å². The lowest BCUT2D eigenvalue weighted by molar-refractivity contribution is 0.238. The Morgan fingerprint density at radius 1 is 1.30 bits per heavy atom. The van der Waals surface area contributed by atoms with Gasteiger partial charge in [-0.15, -0.1) is 11.3 Å². The summed E-state index contributed by atoms with van der Waals surface area (Å²) < 4.78 is 0. The van der Waals surface area contributed by atoms with Gasteiger partial charge in [-0.25, -0.2) is 4.98 Å². The van der Waals surface area contributed by atoms with Crippen LogP contribution in [0.15, 0.2) is 23.6 Å². The molecule has 0 radical (unpaired) electrons. The summed E-state index contributed by atoms with van der Waals surface area (Å²) in [5.74, 6) is 0. The lowest BCUT2D eigenvalue weighted by atomic mass is 9.98. The van der Waals surface area contributed by atoms with Gasteiger partial charge in [0.1, 0.15) is 0 Å². The van der Waals surface area contributed by atoms with Crippen molar-refractivity contribution >= 4 is 11.3 Å². The first kappa shape index (κ1) is 15.2. The minimum atomic E-state index is 0.234. The van der Waals surface area contributed by atoms with Crippen molar-refractivity contribution in [3.8, 4) is 0 Å². The maximum Gasteiger partial charge on any atom is 0.0897 e. The summed E-state index contributed by atoms with van der Waals surface area (Å²) in [6.07, 6.45) is 0. The Hall–Kier alpha value is -1.23. The fourth-order valence-corrected chi connectivity index (χ4v) is 3.19.